The average Bonchev–Trinajstić information content (AvgIpc) is 0.722. The predicted molar refractivity (Wildman–Crippen MR) is 12.4 cm³/mol. The molecule has 0 aliphatic rings. The van der Waals surface area contributed by atoms with Gasteiger partial charge in [0.25, 0.3) is 0 Å². The van der Waals surface area contributed by atoms with Gasteiger partial charge in [-0.1, -0.05) is 0 Å². The molecule has 0 aromatic heterocycles. The van der Waals surface area contributed by atoms with E-state index in [0.717, 1.165) is 0 Å². The Hall–Kier alpha value is 1.02. The molecule has 0 saturated heterocycles. The first-order valence-electron chi connectivity index (χ1n) is 0.667. The summed E-state index contributed by atoms with van der Waals surface area (Å²) in [4.78, 5) is 0. The Bertz CT molecular complexity index is 93.6. The van der Waals surface area contributed by atoms with Gasteiger partial charge in [0.1, 0.15) is 0 Å². The van der Waals surface area contributed by atoms with Crippen molar-refractivity contribution in [2.45, 2.75) is 0 Å². The normalized spacial score (nSPS) is 7.25. The molecular formula is HLi2O5S-. The largest absolute Gasteiger partial charge is 1.00 e. The van der Waals surface area contributed by atoms with Crippen LogP contribution in [0, 0.1) is 0 Å². The first-order chi connectivity index (χ1) is 2.00. The van der Waals surface area contributed by atoms with Crippen LogP contribution in [0.5, 0.6) is 0 Å². The van der Waals surface area contributed by atoms with Gasteiger partial charge in [0.2, 0.25) is 0 Å². The molecule has 0 fully saturated rings. The van der Waals surface area contributed by atoms with Crippen LogP contribution in [0.2, 0.25) is 0 Å². The quantitative estimate of drug-likeness (QED) is 0.182. The van der Waals surface area contributed by atoms with E-state index < -0.39 is 10.4 Å². The molecule has 0 bridgehead atoms. The molecule has 0 rings (SSSR count). The molecule has 0 atom stereocenters. The topological polar surface area (TPSA) is 110 Å². The van der Waals surface area contributed by atoms with E-state index in [4.69, 9.17) is 17.5 Å². The monoisotopic (exact) mass is 127 g/mol. The van der Waals surface area contributed by atoms with Gasteiger partial charge in [0.05, 0.1) is 0 Å². The summed E-state index contributed by atoms with van der Waals surface area (Å²) >= 11 is 0. The smallest absolute Gasteiger partial charge is 0.870 e. The van der Waals surface area contributed by atoms with Crippen LogP contribution in [0.1, 0.15) is 0 Å². The van der Waals surface area contributed by atoms with Crippen molar-refractivity contribution in [3.63, 3.8) is 0 Å². The Morgan fingerprint density at radius 3 is 1.00 bits per heavy atom. The third-order valence-corrected chi connectivity index (χ3v) is 0. The van der Waals surface area contributed by atoms with E-state index in [2.05, 4.69) is 0 Å². The molecule has 5 nitrogen and oxygen atoms in total. The Morgan fingerprint density at radius 2 is 1.00 bits per heavy atom. The van der Waals surface area contributed by atoms with Crippen LogP contribution in [0.25, 0.3) is 0 Å². The minimum atomic E-state index is -5.17. The van der Waals surface area contributed by atoms with Crippen LogP contribution in [0.3, 0.4) is 0 Å². The Labute approximate surface area is 71.1 Å². The summed E-state index contributed by atoms with van der Waals surface area (Å²) in [5, 5.41) is 0. The second kappa shape index (κ2) is 8.02. The maximum absolute atomic E-state index is 8.52. The maximum atomic E-state index is 8.52. The fourth-order valence-corrected chi connectivity index (χ4v) is 0. The van der Waals surface area contributed by atoms with E-state index in [1.54, 1.807) is 0 Å². The molecule has 1 N–H and O–H groups in total. The van der Waals surface area contributed by atoms with E-state index >= 15 is 0 Å². The van der Waals surface area contributed by atoms with Crippen molar-refractivity contribution in [2.75, 3.05) is 0 Å². The summed E-state index contributed by atoms with van der Waals surface area (Å²) in [7, 11) is -5.17. The van der Waals surface area contributed by atoms with E-state index in [1.165, 1.54) is 0 Å². The molecule has 0 aromatic carbocycles. The van der Waals surface area contributed by atoms with Gasteiger partial charge in [-0.05, 0) is 0 Å². The predicted octanol–water partition coefficient (Wildman–Crippen LogP) is -7.51. The zero-order chi connectivity index (χ0) is 4.50. The van der Waals surface area contributed by atoms with Crippen LogP contribution in [0.4, 0.5) is 0 Å². The van der Waals surface area contributed by atoms with Gasteiger partial charge in [-0.15, -0.1) is 0 Å². The van der Waals surface area contributed by atoms with Crippen molar-refractivity contribution in [2.24, 2.45) is 0 Å². The second-order valence-corrected chi connectivity index (χ2v) is 1.22. The molecule has 0 unspecified atom stereocenters. The minimum Gasteiger partial charge on any atom is -0.870 e. The molecule has 40 valence electrons. The second-order valence-electron chi connectivity index (χ2n) is 0.408. The zero-order valence-electron chi connectivity index (χ0n) is 4.49. The standard InChI is InChI=1S/2Li.H2O4S.H2O/c;;1-5(2,3)4;/h;;(H2,1,2,3,4);1H2/q2*+1;;/p-3. The van der Waals surface area contributed by atoms with E-state index in [-0.39, 0.29) is 43.2 Å². The van der Waals surface area contributed by atoms with Crippen LogP contribution < -0.4 is 37.7 Å². The third kappa shape index (κ3) is 243. The van der Waals surface area contributed by atoms with Crippen molar-refractivity contribution in [1.29, 1.82) is 0 Å². The van der Waals surface area contributed by atoms with Gasteiger partial charge in [0.15, 0.2) is 0 Å². The number of hydrogen-bond acceptors (Lipinski definition) is 5. The summed E-state index contributed by atoms with van der Waals surface area (Å²) in [6.45, 7) is 0. The van der Waals surface area contributed by atoms with Crippen molar-refractivity contribution < 1.29 is 60.7 Å². The molecule has 0 aliphatic carbocycles. The van der Waals surface area contributed by atoms with Gasteiger partial charge in [0, 0.05) is 10.4 Å². The Balaban J connectivity index is -0.0000000267. The fourth-order valence-electron chi connectivity index (χ4n) is 0. The fraction of sp³-hybridized carbons (Fsp3) is 0. The number of hydrogen-bond donors (Lipinski definition) is 0. The average molecular weight is 127 g/mol. The molecule has 0 radical (unpaired) electrons. The summed E-state index contributed by atoms with van der Waals surface area (Å²) < 4.78 is 34.1. The van der Waals surface area contributed by atoms with Crippen LogP contribution >= 0.6 is 0 Å². The van der Waals surface area contributed by atoms with Crippen molar-refractivity contribution in [1.82, 2.24) is 0 Å². The molecule has 0 amide bonds. The maximum Gasteiger partial charge on any atom is 1.00 e. The zero-order valence-corrected chi connectivity index (χ0v) is 5.30. The van der Waals surface area contributed by atoms with Gasteiger partial charge in [-0.3, -0.25) is 8.42 Å². The van der Waals surface area contributed by atoms with Crippen molar-refractivity contribution in [3.8, 4) is 0 Å². The SMILES string of the molecule is O=S(=O)([O-])[O-].[Li+].[Li+].[OH-]. The Kier molecular flexibility index (Phi) is 23.1. The first kappa shape index (κ1) is 23.0. The van der Waals surface area contributed by atoms with Crippen LogP contribution in [-0.4, -0.2) is 23.0 Å². The molecule has 0 spiro atoms. The minimum absolute atomic E-state index is 0. The molecule has 0 heterocycles. The van der Waals surface area contributed by atoms with Gasteiger partial charge >= 0.3 is 37.7 Å². The summed E-state index contributed by atoms with van der Waals surface area (Å²) in [6, 6.07) is 0. The summed E-state index contributed by atoms with van der Waals surface area (Å²) in [5.74, 6) is 0. The molecular weight excluding hydrogens is 126 g/mol. The summed E-state index contributed by atoms with van der Waals surface area (Å²) in [6.07, 6.45) is 0. The van der Waals surface area contributed by atoms with Crippen LogP contribution in [-0.2, 0) is 10.4 Å². The van der Waals surface area contributed by atoms with Gasteiger partial charge < -0.3 is 14.6 Å². The van der Waals surface area contributed by atoms with Gasteiger partial charge in [-0.25, -0.2) is 0 Å². The molecule has 0 saturated carbocycles. The molecule has 0 aliphatic heterocycles. The molecule has 0 aromatic rings. The first-order valence-corrected chi connectivity index (χ1v) is 2.00. The third-order valence-electron chi connectivity index (χ3n) is 0. The van der Waals surface area contributed by atoms with Crippen molar-refractivity contribution >= 4 is 10.4 Å². The molecule has 8 heavy (non-hydrogen) atoms. The molecule has 8 heteroatoms. The Morgan fingerprint density at radius 1 is 1.00 bits per heavy atom. The summed E-state index contributed by atoms with van der Waals surface area (Å²) in [5.41, 5.74) is 0. The van der Waals surface area contributed by atoms with E-state index in [0.29, 0.717) is 0 Å². The van der Waals surface area contributed by atoms with Crippen LogP contribution in [0.15, 0.2) is 0 Å². The van der Waals surface area contributed by atoms with Crippen molar-refractivity contribution in [3.05, 3.63) is 0 Å². The van der Waals surface area contributed by atoms with Gasteiger partial charge in [-0.2, -0.15) is 0 Å². The van der Waals surface area contributed by atoms with E-state index in [1.807, 2.05) is 0 Å². The van der Waals surface area contributed by atoms with E-state index in [9.17, 15) is 0 Å². The number of rotatable bonds is 0.